The summed E-state index contributed by atoms with van der Waals surface area (Å²) in [5, 5.41) is 0. The molecule has 54 valence electrons. The minimum Gasteiger partial charge on any atom is -0.265 e. The minimum absolute atomic E-state index is 0.102. The molecule has 0 aromatic heterocycles. The topological polar surface area (TPSA) is 41.8 Å². The van der Waals surface area contributed by atoms with Crippen molar-refractivity contribution < 1.29 is 9.18 Å². The van der Waals surface area contributed by atoms with Gasteiger partial charge in [0.2, 0.25) is 5.95 Å². The number of fused-ring (bicyclic) bond motifs is 1. The molecule has 2 heterocycles. The maximum Gasteiger partial charge on any atom is 0.296 e. The fraction of sp³-hybridized carbons (Fsp3) is 0. The Morgan fingerprint density at radius 3 is 3.00 bits per heavy atom. The van der Waals surface area contributed by atoms with Crippen LogP contribution in [0.4, 0.5) is 4.39 Å². The smallest absolute Gasteiger partial charge is 0.265 e. The molecule has 0 N–H and O–H groups in total. The fourth-order valence-corrected chi connectivity index (χ4v) is 0.945. The average molecular weight is 150 g/mol. The second-order valence-corrected chi connectivity index (χ2v) is 2.13. The molecular weight excluding hydrogens is 147 g/mol. The van der Waals surface area contributed by atoms with E-state index in [0.29, 0.717) is 5.57 Å². The van der Waals surface area contributed by atoms with Crippen molar-refractivity contribution in [2.45, 2.75) is 0 Å². The lowest BCUT2D eigenvalue weighted by Gasteiger charge is -1.98. The average Bonchev–Trinajstić information content (AvgIpc) is 2.31. The Labute approximate surface area is 61.7 Å². The van der Waals surface area contributed by atoms with Gasteiger partial charge in [-0.25, -0.2) is 9.98 Å². The molecule has 3 nitrogen and oxygen atoms in total. The lowest BCUT2D eigenvalue weighted by molar-refractivity contribution is -0.111. The zero-order chi connectivity index (χ0) is 7.84. The standard InChI is InChI=1S/C7H3FN2O/c8-5-3-4-1-2-9-7(11)6(4)10-5/h1-3H. The lowest BCUT2D eigenvalue weighted by Crippen LogP contribution is -2.14. The van der Waals surface area contributed by atoms with Gasteiger partial charge < -0.3 is 0 Å². The Morgan fingerprint density at radius 2 is 2.27 bits per heavy atom. The van der Waals surface area contributed by atoms with Crippen molar-refractivity contribution in [1.29, 1.82) is 0 Å². The number of aliphatic imine (C=N–C) groups is 2. The largest absolute Gasteiger partial charge is 0.296 e. The van der Waals surface area contributed by atoms with Crippen LogP contribution in [0.15, 0.2) is 33.7 Å². The second-order valence-electron chi connectivity index (χ2n) is 2.13. The Balaban J connectivity index is 2.53. The van der Waals surface area contributed by atoms with Gasteiger partial charge in [0.1, 0.15) is 5.71 Å². The van der Waals surface area contributed by atoms with Crippen LogP contribution in [-0.2, 0) is 4.79 Å². The molecule has 0 unspecified atom stereocenters. The predicted octanol–water partition coefficient (Wildman–Crippen LogP) is 0.789. The van der Waals surface area contributed by atoms with Gasteiger partial charge in [0, 0.05) is 17.9 Å². The molecule has 2 rings (SSSR count). The van der Waals surface area contributed by atoms with Gasteiger partial charge in [0.05, 0.1) is 0 Å². The van der Waals surface area contributed by atoms with E-state index in [9.17, 15) is 9.18 Å². The number of carbonyl (C=O) groups excluding carboxylic acids is 1. The highest BCUT2D eigenvalue weighted by molar-refractivity contribution is 6.49. The molecule has 0 saturated carbocycles. The van der Waals surface area contributed by atoms with Gasteiger partial charge >= 0.3 is 0 Å². The summed E-state index contributed by atoms with van der Waals surface area (Å²) >= 11 is 0. The molecule has 0 fully saturated rings. The van der Waals surface area contributed by atoms with Crippen molar-refractivity contribution in [2.75, 3.05) is 0 Å². The Morgan fingerprint density at radius 1 is 1.45 bits per heavy atom. The van der Waals surface area contributed by atoms with Crippen LogP contribution in [0.5, 0.6) is 0 Å². The maximum atomic E-state index is 12.4. The van der Waals surface area contributed by atoms with Crippen molar-refractivity contribution in [3.63, 3.8) is 0 Å². The number of hydrogen-bond donors (Lipinski definition) is 0. The third kappa shape index (κ3) is 0.832. The Hall–Kier alpha value is -1.58. The van der Waals surface area contributed by atoms with Crippen LogP contribution in [0.25, 0.3) is 0 Å². The number of dihydropyridines is 1. The van der Waals surface area contributed by atoms with Crippen LogP contribution in [-0.4, -0.2) is 17.8 Å². The third-order valence-corrected chi connectivity index (χ3v) is 1.42. The van der Waals surface area contributed by atoms with Gasteiger partial charge in [-0.05, 0) is 6.08 Å². The van der Waals surface area contributed by atoms with Crippen molar-refractivity contribution in [3.05, 3.63) is 23.7 Å². The molecule has 2 aliphatic rings. The van der Waals surface area contributed by atoms with E-state index in [1.165, 1.54) is 12.3 Å². The number of halogens is 1. The third-order valence-electron chi connectivity index (χ3n) is 1.42. The molecular formula is C7H3FN2O. The zero-order valence-electron chi connectivity index (χ0n) is 5.41. The molecule has 0 bridgehead atoms. The highest BCUT2D eigenvalue weighted by Crippen LogP contribution is 2.19. The van der Waals surface area contributed by atoms with Gasteiger partial charge in [-0.1, -0.05) is 0 Å². The first-order valence-electron chi connectivity index (χ1n) is 3.02. The van der Waals surface area contributed by atoms with E-state index in [-0.39, 0.29) is 5.71 Å². The summed E-state index contributed by atoms with van der Waals surface area (Å²) in [5.41, 5.74) is 0.604. The number of carbonyl (C=O) groups is 1. The predicted molar refractivity (Wildman–Crippen MR) is 38.2 cm³/mol. The normalized spacial score (nSPS) is 20.8. The van der Waals surface area contributed by atoms with Crippen LogP contribution < -0.4 is 0 Å². The molecule has 0 aliphatic carbocycles. The summed E-state index contributed by atoms with van der Waals surface area (Å²) in [7, 11) is 0. The molecule has 0 spiro atoms. The SMILES string of the molecule is O=C1N=CC=C2C=C(F)N=C12. The summed E-state index contributed by atoms with van der Waals surface area (Å²) in [5.74, 6) is -1.11. The molecule has 0 radical (unpaired) electrons. The van der Waals surface area contributed by atoms with Crippen LogP contribution in [0.1, 0.15) is 0 Å². The van der Waals surface area contributed by atoms with Crippen molar-refractivity contribution >= 4 is 17.8 Å². The molecule has 2 aliphatic heterocycles. The first-order valence-corrected chi connectivity index (χ1v) is 3.02. The van der Waals surface area contributed by atoms with Crippen molar-refractivity contribution in [2.24, 2.45) is 9.98 Å². The maximum absolute atomic E-state index is 12.4. The quantitative estimate of drug-likeness (QED) is 0.470. The summed E-state index contributed by atoms with van der Waals surface area (Å²) in [6.07, 6.45) is 4.09. The Bertz CT molecular complexity index is 349. The first kappa shape index (κ1) is 6.15. The van der Waals surface area contributed by atoms with E-state index in [0.717, 1.165) is 0 Å². The van der Waals surface area contributed by atoms with Gasteiger partial charge in [-0.15, -0.1) is 0 Å². The molecule has 0 aromatic carbocycles. The number of allylic oxidation sites excluding steroid dienone is 2. The Kier molecular flexibility index (Phi) is 1.09. The molecule has 0 aromatic rings. The van der Waals surface area contributed by atoms with Gasteiger partial charge in [0.15, 0.2) is 0 Å². The summed E-state index contributed by atoms with van der Waals surface area (Å²) in [6.45, 7) is 0. The number of amides is 1. The highest BCUT2D eigenvalue weighted by Gasteiger charge is 2.22. The van der Waals surface area contributed by atoms with E-state index >= 15 is 0 Å². The van der Waals surface area contributed by atoms with Gasteiger partial charge in [0.25, 0.3) is 5.91 Å². The lowest BCUT2D eigenvalue weighted by atomic mass is 10.1. The number of nitrogens with zero attached hydrogens (tertiary/aromatic N) is 2. The molecule has 11 heavy (non-hydrogen) atoms. The van der Waals surface area contributed by atoms with Crippen LogP contribution in [0.3, 0.4) is 0 Å². The van der Waals surface area contributed by atoms with E-state index in [1.54, 1.807) is 6.08 Å². The van der Waals surface area contributed by atoms with E-state index in [4.69, 9.17) is 0 Å². The van der Waals surface area contributed by atoms with Gasteiger partial charge in [-0.3, -0.25) is 4.79 Å². The van der Waals surface area contributed by atoms with E-state index < -0.39 is 11.9 Å². The highest BCUT2D eigenvalue weighted by atomic mass is 19.1. The monoisotopic (exact) mass is 150 g/mol. The summed E-state index contributed by atoms with van der Waals surface area (Å²) in [6, 6.07) is 0. The second kappa shape index (κ2) is 1.95. The molecule has 0 atom stereocenters. The summed E-state index contributed by atoms with van der Waals surface area (Å²) < 4.78 is 12.4. The molecule has 1 amide bonds. The number of hydrogen-bond acceptors (Lipinski definition) is 2. The first-order chi connectivity index (χ1) is 5.27. The van der Waals surface area contributed by atoms with Crippen LogP contribution >= 0.6 is 0 Å². The van der Waals surface area contributed by atoms with Gasteiger partial charge in [-0.2, -0.15) is 4.39 Å². The van der Waals surface area contributed by atoms with Crippen LogP contribution in [0, 0.1) is 0 Å². The van der Waals surface area contributed by atoms with Crippen molar-refractivity contribution in [3.8, 4) is 0 Å². The van der Waals surface area contributed by atoms with Crippen LogP contribution in [0.2, 0.25) is 0 Å². The summed E-state index contributed by atoms with van der Waals surface area (Å²) in [4.78, 5) is 17.7. The molecule has 4 heteroatoms. The number of rotatable bonds is 0. The van der Waals surface area contributed by atoms with E-state index in [2.05, 4.69) is 9.98 Å². The molecule has 0 saturated heterocycles. The zero-order valence-corrected chi connectivity index (χ0v) is 5.41. The fourth-order valence-electron chi connectivity index (χ4n) is 0.945. The van der Waals surface area contributed by atoms with Crippen molar-refractivity contribution in [1.82, 2.24) is 0 Å². The van der Waals surface area contributed by atoms with E-state index in [1.807, 2.05) is 0 Å². The minimum atomic E-state index is -0.634.